The van der Waals surface area contributed by atoms with Crippen LogP contribution in [0.1, 0.15) is 25.8 Å². The minimum absolute atomic E-state index is 0.113. The number of aliphatic carboxylic acids is 2. The van der Waals surface area contributed by atoms with Gasteiger partial charge in [0.1, 0.15) is 6.04 Å². The highest BCUT2D eigenvalue weighted by Gasteiger charge is 2.31. The number of benzene rings is 1. The molecule has 8 nitrogen and oxygen atoms in total. The fourth-order valence-electron chi connectivity index (χ4n) is 1.95. The van der Waals surface area contributed by atoms with Gasteiger partial charge in [0.05, 0.1) is 6.61 Å². The molecule has 1 amide bonds. The van der Waals surface area contributed by atoms with Crippen molar-refractivity contribution in [3.63, 3.8) is 0 Å². The number of nitrogens with one attached hydrogen (secondary N) is 2. The van der Waals surface area contributed by atoms with Crippen LogP contribution in [0.15, 0.2) is 30.3 Å². The van der Waals surface area contributed by atoms with Crippen LogP contribution >= 0.6 is 0 Å². The topological polar surface area (TPSA) is 125 Å². The minimum Gasteiger partial charge on any atom is -0.479 e. The number of carbonyl (C=O) groups excluding carboxylic acids is 1. The number of hydroxylamine groups is 1. The molecule has 0 aromatic heterocycles. The van der Waals surface area contributed by atoms with E-state index < -0.39 is 29.9 Å². The number of hydrogen-bond acceptors (Lipinski definition) is 5. The zero-order valence-electron chi connectivity index (χ0n) is 13.6. The summed E-state index contributed by atoms with van der Waals surface area (Å²) in [6, 6.07) is 6.40. The van der Waals surface area contributed by atoms with Crippen molar-refractivity contribution in [2.24, 2.45) is 5.92 Å². The highest BCUT2D eigenvalue weighted by Crippen LogP contribution is 2.07. The Labute approximate surface area is 139 Å². The first kappa shape index (κ1) is 19.6. The van der Waals surface area contributed by atoms with E-state index in [1.54, 1.807) is 0 Å². The summed E-state index contributed by atoms with van der Waals surface area (Å²) in [6.45, 7) is 3.97. The lowest BCUT2D eigenvalue weighted by Crippen LogP contribution is -2.53. The van der Waals surface area contributed by atoms with Gasteiger partial charge >= 0.3 is 11.9 Å². The molecule has 0 radical (unpaired) electrons. The van der Waals surface area contributed by atoms with Crippen molar-refractivity contribution in [3.8, 4) is 0 Å². The first-order valence-electron chi connectivity index (χ1n) is 7.48. The molecule has 1 aromatic rings. The Hall–Kier alpha value is -2.45. The van der Waals surface area contributed by atoms with Crippen LogP contribution in [0, 0.1) is 5.92 Å². The van der Waals surface area contributed by atoms with Crippen LogP contribution in [0.25, 0.3) is 0 Å². The maximum Gasteiger partial charge on any atom is 0.338 e. The second kappa shape index (κ2) is 9.64. The molecule has 0 heterocycles. The van der Waals surface area contributed by atoms with Crippen LogP contribution in [0.3, 0.4) is 0 Å². The molecule has 0 bridgehead atoms. The Kier molecular flexibility index (Phi) is 7.87. The van der Waals surface area contributed by atoms with E-state index in [2.05, 4.69) is 5.48 Å². The summed E-state index contributed by atoms with van der Waals surface area (Å²) in [5, 5.41) is 19.7. The molecule has 1 atom stereocenters. The molecule has 0 aliphatic carbocycles. The van der Waals surface area contributed by atoms with Gasteiger partial charge in [-0.3, -0.25) is 9.63 Å². The van der Waals surface area contributed by atoms with Gasteiger partial charge in [0.2, 0.25) is 11.9 Å². The van der Waals surface area contributed by atoms with Gasteiger partial charge in [-0.05, 0) is 17.9 Å². The summed E-state index contributed by atoms with van der Waals surface area (Å²) < 4.78 is 0. The third kappa shape index (κ3) is 6.76. The van der Waals surface area contributed by atoms with Gasteiger partial charge in [0.15, 0.2) is 0 Å². The monoisotopic (exact) mass is 338 g/mol. The van der Waals surface area contributed by atoms with Gasteiger partial charge in [0.25, 0.3) is 0 Å². The van der Waals surface area contributed by atoms with Crippen LogP contribution in [-0.4, -0.2) is 40.1 Å². The smallest absolute Gasteiger partial charge is 0.338 e. The third-order valence-corrected chi connectivity index (χ3v) is 3.11. The van der Waals surface area contributed by atoms with Crippen molar-refractivity contribution < 1.29 is 29.4 Å². The minimum atomic E-state index is -2.00. The quantitative estimate of drug-likeness (QED) is 0.367. The van der Waals surface area contributed by atoms with Crippen LogP contribution in [0.4, 0.5) is 0 Å². The molecule has 0 aliphatic heterocycles. The van der Waals surface area contributed by atoms with Crippen molar-refractivity contribution in [1.82, 2.24) is 10.8 Å². The van der Waals surface area contributed by atoms with Crippen molar-refractivity contribution in [1.29, 1.82) is 0 Å². The SMILES string of the molecule is CC(C)CC(NOCc1ccccc1)C(=O)NC(C(=O)O)C(=O)O. The van der Waals surface area contributed by atoms with E-state index in [1.807, 2.05) is 49.5 Å². The number of rotatable bonds is 10. The number of carboxylic acid groups (broad SMARTS) is 2. The van der Waals surface area contributed by atoms with Gasteiger partial charge in [-0.2, -0.15) is 5.48 Å². The lowest BCUT2D eigenvalue weighted by molar-refractivity contribution is -0.154. The normalized spacial score (nSPS) is 12.2. The largest absolute Gasteiger partial charge is 0.479 e. The van der Waals surface area contributed by atoms with Crippen molar-refractivity contribution in [3.05, 3.63) is 35.9 Å². The van der Waals surface area contributed by atoms with Crippen molar-refractivity contribution in [2.45, 2.75) is 39.0 Å². The summed E-state index contributed by atoms with van der Waals surface area (Å²) in [6.07, 6.45) is 0.354. The highest BCUT2D eigenvalue weighted by atomic mass is 16.6. The van der Waals surface area contributed by atoms with Gasteiger partial charge in [0, 0.05) is 0 Å². The molecule has 0 saturated carbocycles. The second-order valence-corrected chi connectivity index (χ2v) is 5.69. The average Bonchev–Trinajstić information content (AvgIpc) is 2.51. The first-order valence-corrected chi connectivity index (χ1v) is 7.48. The summed E-state index contributed by atoms with van der Waals surface area (Å²) in [5.41, 5.74) is 3.48. The molecule has 0 spiro atoms. The first-order chi connectivity index (χ1) is 11.3. The molecule has 1 aromatic carbocycles. The Morgan fingerprint density at radius 3 is 2.17 bits per heavy atom. The predicted molar refractivity (Wildman–Crippen MR) is 84.8 cm³/mol. The molecule has 24 heavy (non-hydrogen) atoms. The van der Waals surface area contributed by atoms with Gasteiger partial charge in [-0.25, -0.2) is 9.59 Å². The molecule has 4 N–H and O–H groups in total. The highest BCUT2D eigenvalue weighted by molar-refractivity contribution is 6.01. The Bertz CT molecular complexity index is 547. The van der Waals surface area contributed by atoms with Crippen LogP contribution in [0.5, 0.6) is 0 Å². The molecule has 0 aliphatic rings. The molecule has 0 saturated heterocycles. The number of amides is 1. The fourth-order valence-corrected chi connectivity index (χ4v) is 1.95. The van der Waals surface area contributed by atoms with E-state index in [4.69, 9.17) is 15.1 Å². The number of carboxylic acids is 2. The summed E-state index contributed by atoms with van der Waals surface area (Å²) in [7, 11) is 0. The molecule has 0 fully saturated rings. The van der Waals surface area contributed by atoms with Crippen LogP contribution in [0.2, 0.25) is 0 Å². The predicted octanol–water partition coefficient (Wildman–Crippen LogP) is 0.776. The maximum absolute atomic E-state index is 12.2. The third-order valence-electron chi connectivity index (χ3n) is 3.11. The average molecular weight is 338 g/mol. The van der Waals surface area contributed by atoms with Gasteiger partial charge in [-0.1, -0.05) is 44.2 Å². The summed E-state index contributed by atoms with van der Waals surface area (Å²) >= 11 is 0. The van der Waals surface area contributed by atoms with Gasteiger partial charge in [-0.15, -0.1) is 0 Å². The van der Waals surface area contributed by atoms with E-state index in [0.29, 0.717) is 6.42 Å². The zero-order valence-corrected chi connectivity index (χ0v) is 13.6. The van der Waals surface area contributed by atoms with E-state index >= 15 is 0 Å². The summed E-state index contributed by atoms with van der Waals surface area (Å²) in [5.74, 6) is -3.90. The summed E-state index contributed by atoms with van der Waals surface area (Å²) in [4.78, 5) is 39.2. The maximum atomic E-state index is 12.2. The van der Waals surface area contributed by atoms with E-state index in [0.717, 1.165) is 5.56 Å². The number of carbonyl (C=O) groups is 3. The van der Waals surface area contributed by atoms with Gasteiger partial charge < -0.3 is 15.5 Å². The van der Waals surface area contributed by atoms with Crippen molar-refractivity contribution in [2.75, 3.05) is 0 Å². The lowest BCUT2D eigenvalue weighted by Gasteiger charge is -2.21. The Morgan fingerprint density at radius 1 is 1.08 bits per heavy atom. The lowest BCUT2D eigenvalue weighted by atomic mass is 10.0. The fraction of sp³-hybridized carbons (Fsp3) is 0.438. The van der Waals surface area contributed by atoms with E-state index in [-0.39, 0.29) is 12.5 Å². The van der Waals surface area contributed by atoms with Crippen molar-refractivity contribution >= 4 is 17.8 Å². The molecular weight excluding hydrogens is 316 g/mol. The Morgan fingerprint density at radius 2 is 1.67 bits per heavy atom. The Balaban J connectivity index is 2.64. The van der Waals surface area contributed by atoms with Crippen LogP contribution in [-0.2, 0) is 25.8 Å². The molecular formula is C16H22N2O6. The number of hydrogen-bond donors (Lipinski definition) is 4. The second-order valence-electron chi connectivity index (χ2n) is 5.69. The van der Waals surface area contributed by atoms with E-state index in [9.17, 15) is 14.4 Å². The molecule has 132 valence electrons. The van der Waals surface area contributed by atoms with Crippen LogP contribution < -0.4 is 10.8 Å². The molecule has 8 heteroatoms. The molecule has 1 unspecified atom stereocenters. The van der Waals surface area contributed by atoms with E-state index in [1.165, 1.54) is 0 Å². The zero-order chi connectivity index (χ0) is 18.1. The standard InChI is InChI=1S/C16H22N2O6/c1-10(2)8-12(14(19)17-13(15(20)21)16(22)23)18-24-9-11-6-4-3-5-7-11/h3-7,10,12-13,18H,8-9H2,1-2H3,(H,17,19)(H,20,21)(H,22,23). The molecule has 1 rings (SSSR count).